The minimum absolute atomic E-state index is 0.0261. The van der Waals surface area contributed by atoms with Crippen molar-refractivity contribution in [1.29, 1.82) is 0 Å². The Morgan fingerprint density at radius 1 is 0.933 bits per heavy atom. The topological polar surface area (TPSA) is 56.1 Å². The van der Waals surface area contributed by atoms with E-state index in [4.69, 9.17) is 9.72 Å². The molecule has 0 aliphatic carbocycles. The molecule has 0 aliphatic rings. The second-order valence-corrected chi connectivity index (χ2v) is 7.21. The number of hydrogen-bond acceptors (Lipinski definition) is 3. The Hall–Kier alpha value is -3.60. The van der Waals surface area contributed by atoms with E-state index in [-0.39, 0.29) is 5.91 Å². The van der Waals surface area contributed by atoms with Gasteiger partial charge in [0.05, 0.1) is 31.1 Å². The van der Waals surface area contributed by atoms with E-state index in [9.17, 15) is 4.79 Å². The number of nitrogens with one attached hydrogen (secondary N) is 1. The molecule has 0 unspecified atom stereocenters. The largest absolute Gasteiger partial charge is 0.497 e. The molecular weight excluding hydrogens is 374 g/mol. The summed E-state index contributed by atoms with van der Waals surface area (Å²) < 4.78 is 7.37. The van der Waals surface area contributed by atoms with Gasteiger partial charge in [-0.05, 0) is 41.8 Å². The van der Waals surface area contributed by atoms with Crippen molar-refractivity contribution in [2.75, 3.05) is 7.11 Å². The van der Waals surface area contributed by atoms with Crippen LogP contribution in [0.3, 0.4) is 0 Å². The SMILES string of the molecule is COc1ccc(CC(=O)NCc2nc3ccccc3n2CCc2ccccc2)cc1. The van der Waals surface area contributed by atoms with Crippen LogP contribution >= 0.6 is 0 Å². The zero-order valence-corrected chi connectivity index (χ0v) is 17.0. The molecule has 3 aromatic carbocycles. The van der Waals surface area contributed by atoms with Gasteiger partial charge in [-0.15, -0.1) is 0 Å². The summed E-state index contributed by atoms with van der Waals surface area (Å²) in [6.07, 6.45) is 1.24. The van der Waals surface area contributed by atoms with Gasteiger partial charge in [-0.3, -0.25) is 4.79 Å². The number of nitrogens with zero attached hydrogens (tertiary/aromatic N) is 2. The number of hydrogen-bond donors (Lipinski definition) is 1. The molecule has 1 N–H and O–H groups in total. The number of imidazole rings is 1. The average Bonchev–Trinajstić information content (AvgIpc) is 3.15. The predicted octanol–water partition coefficient (Wildman–Crippen LogP) is 4.15. The molecule has 0 aliphatic heterocycles. The number of rotatable bonds is 8. The Labute approximate surface area is 176 Å². The van der Waals surface area contributed by atoms with Crippen LogP contribution in [0, 0.1) is 0 Å². The summed E-state index contributed by atoms with van der Waals surface area (Å²) in [7, 11) is 1.63. The zero-order chi connectivity index (χ0) is 20.8. The molecule has 0 bridgehead atoms. The average molecular weight is 399 g/mol. The molecular formula is C25H25N3O2. The van der Waals surface area contributed by atoms with Crippen molar-refractivity contribution in [2.24, 2.45) is 0 Å². The van der Waals surface area contributed by atoms with Gasteiger partial charge in [0.25, 0.3) is 0 Å². The van der Waals surface area contributed by atoms with Crippen LogP contribution in [0.1, 0.15) is 17.0 Å². The number of benzene rings is 3. The fourth-order valence-corrected chi connectivity index (χ4v) is 3.56. The van der Waals surface area contributed by atoms with E-state index in [0.717, 1.165) is 41.1 Å². The van der Waals surface area contributed by atoms with E-state index >= 15 is 0 Å². The molecule has 1 amide bonds. The lowest BCUT2D eigenvalue weighted by Gasteiger charge is -2.11. The summed E-state index contributed by atoms with van der Waals surface area (Å²) >= 11 is 0. The van der Waals surface area contributed by atoms with Crippen LogP contribution in [0.15, 0.2) is 78.9 Å². The molecule has 4 rings (SSSR count). The van der Waals surface area contributed by atoms with Crippen LogP contribution < -0.4 is 10.1 Å². The van der Waals surface area contributed by atoms with Crippen molar-refractivity contribution in [3.8, 4) is 5.75 Å². The number of ether oxygens (including phenoxy) is 1. The molecule has 0 radical (unpaired) electrons. The zero-order valence-electron chi connectivity index (χ0n) is 17.0. The molecule has 0 spiro atoms. The maximum atomic E-state index is 12.5. The number of carbonyl (C=O) groups is 1. The number of carbonyl (C=O) groups excluding carboxylic acids is 1. The van der Waals surface area contributed by atoms with Crippen LogP contribution in [0.25, 0.3) is 11.0 Å². The molecule has 0 atom stereocenters. The van der Waals surface area contributed by atoms with Gasteiger partial charge in [0.1, 0.15) is 11.6 Å². The lowest BCUT2D eigenvalue weighted by atomic mass is 10.1. The maximum Gasteiger partial charge on any atom is 0.224 e. The Morgan fingerprint density at radius 3 is 2.43 bits per heavy atom. The summed E-state index contributed by atoms with van der Waals surface area (Å²) in [4.78, 5) is 17.2. The van der Waals surface area contributed by atoms with E-state index in [0.29, 0.717) is 13.0 Å². The van der Waals surface area contributed by atoms with Crippen molar-refractivity contribution in [1.82, 2.24) is 14.9 Å². The first-order valence-corrected chi connectivity index (χ1v) is 10.1. The Balaban J connectivity index is 1.45. The van der Waals surface area contributed by atoms with Crippen LogP contribution in [0.4, 0.5) is 0 Å². The fourth-order valence-electron chi connectivity index (χ4n) is 3.56. The molecule has 0 saturated heterocycles. The molecule has 5 nitrogen and oxygen atoms in total. The summed E-state index contributed by atoms with van der Waals surface area (Å²) in [5.74, 6) is 1.63. The second-order valence-electron chi connectivity index (χ2n) is 7.21. The minimum Gasteiger partial charge on any atom is -0.497 e. The monoisotopic (exact) mass is 399 g/mol. The molecule has 1 heterocycles. The first-order chi connectivity index (χ1) is 14.7. The lowest BCUT2D eigenvalue weighted by Crippen LogP contribution is -2.26. The second kappa shape index (κ2) is 9.27. The van der Waals surface area contributed by atoms with Gasteiger partial charge in [0.2, 0.25) is 5.91 Å². The molecule has 1 aromatic heterocycles. The maximum absolute atomic E-state index is 12.5. The number of aromatic nitrogens is 2. The highest BCUT2D eigenvalue weighted by molar-refractivity contribution is 5.79. The van der Waals surface area contributed by atoms with Crippen LogP contribution in [0.2, 0.25) is 0 Å². The number of aryl methyl sites for hydroxylation is 2. The third kappa shape index (κ3) is 4.69. The van der Waals surface area contributed by atoms with Crippen molar-refractivity contribution < 1.29 is 9.53 Å². The predicted molar refractivity (Wildman–Crippen MR) is 118 cm³/mol. The quantitative estimate of drug-likeness (QED) is 0.484. The molecule has 0 fully saturated rings. The smallest absolute Gasteiger partial charge is 0.224 e. The third-order valence-electron chi connectivity index (χ3n) is 5.17. The molecule has 5 heteroatoms. The van der Waals surface area contributed by atoms with Gasteiger partial charge in [-0.2, -0.15) is 0 Å². The fraction of sp³-hybridized carbons (Fsp3) is 0.200. The molecule has 4 aromatic rings. The van der Waals surface area contributed by atoms with Gasteiger partial charge >= 0.3 is 0 Å². The van der Waals surface area contributed by atoms with Crippen molar-refractivity contribution in [3.05, 3.63) is 95.8 Å². The van der Waals surface area contributed by atoms with Crippen LogP contribution in [0.5, 0.6) is 5.75 Å². The van der Waals surface area contributed by atoms with Gasteiger partial charge in [0, 0.05) is 6.54 Å². The van der Waals surface area contributed by atoms with Gasteiger partial charge in [0.15, 0.2) is 0 Å². The standard InChI is InChI=1S/C25H25N3O2/c1-30-21-13-11-20(12-14-21)17-25(29)26-18-24-27-22-9-5-6-10-23(22)28(24)16-15-19-7-3-2-4-8-19/h2-14H,15-18H2,1H3,(H,26,29). The highest BCUT2D eigenvalue weighted by atomic mass is 16.5. The number of para-hydroxylation sites is 2. The number of fused-ring (bicyclic) bond motifs is 1. The summed E-state index contributed by atoms with van der Waals surface area (Å²) in [5, 5.41) is 3.02. The van der Waals surface area contributed by atoms with E-state index in [1.807, 2.05) is 48.5 Å². The van der Waals surface area contributed by atoms with Gasteiger partial charge in [-0.25, -0.2) is 4.98 Å². The first-order valence-electron chi connectivity index (χ1n) is 10.1. The minimum atomic E-state index is -0.0261. The molecule has 152 valence electrons. The number of amides is 1. The third-order valence-corrected chi connectivity index (χ3v) is 5.17. The highest BCUT2D eigenvalue weighted by Gasteiger charge is 2.12. The normalized spacial score (nSPS) is 10.8. The summed E-state index contributed by atoms with van der Waals surface area (Å²) in [6, 6.07) is 26.1. The Kier molecular flexibility index (Phi) is 6.09. The summed E-state index contributed by atoms with van der Waals surface area (Å²) in [6.45, 7) is 1.21. The van der Waals surface area contributed by atoms with Gasteiger partial charge in [-0.1, -0.05) is 54.6 Å². The summed E-state index contributed by atoms with van der Waals surface area (Å²) in [5.41, 5.74) is 4.27. The first kappa shape index (κ1) is 19.7. The van der Waals surface area contributed by atoms with Gasteiger partial charge < -0.3 is 14.6 Å². The van der Waals surface area contributed by atoms with E-state index in [1.54, 1.807) is 7.11 Å². The van der Waals surface area contributed by atoms with Crippen molar-refractivity contribution >= 4 is 16.9 Å². The van der Waals surface area contributed by atoms with E-state index < -0.39 is 0 Å². The van der Waals surface area contributed by atoms with E-state index in [2.05, 4.69) is 40.2 Å². The number of methoxy groups -OCH3 is 1. The lowest BCUT2D eigenvalue weighted by molar-refractivity contribution is -0.120. The molecule has 0 saturated carbocycles. The molecule has 30 heavy (non-hydrogen) atoms. The van der Waals surface area contributed by atoms with Crippen LogP contribution in [-0.2, 0) is 30.7 Å². The Morgan fingerprint density at radius 2 is 1.67 bits per heavy atom. The van der Waals surface area contributed by atoms with Crippen molar-refractivity contribution in [2.45, 2.75) is 25.9 Å². The van der Waals surface area contributed by atoms with Crippen molar-refractivity contribution in [3.63, 3.8) is 0 Å². The highest BCUT2D eigenvalue weighted by Crippen LogP contribution is 2.17. The van der Waals surface area contributed by atoms with Crippen LogP contribution in [-0.4, -0.2) is 22.6 Å². The Bertz CT molecular complexity index is 1120. The van der Waals surface area contributed by atoms with E-state index in [1.165, 1.54) is 5.56 Å².